The van der Waals surface area contributed by atoms with Gasteiger partial charge in [0.2, 0.25) is 0 Å². The SMILES string of the molecule is Cc1ccc(NC(=O)c2cc(Cl)cc(Br)c2)c(O)c1. The average molecular weight is 341 g/mol. The van der Waals surface area contributed by atoms with Crippen LogP contribution in [0.2, 0.25) is 5.02 Å². The minimum atomic E-state index is -0.331. The molecule has 2 aromatic carbocycles. The lowest BCUT2D eigenvalue weighted by Gasteiger charge is -2.08. The van der Waals surface area contributed by atoms with E-state index in [1.165, 1.54) is 0 Å². The van der Waals surface area contributed by atoms with Crippen molar-refractivity contribution >= 4 is 39.1 Å². The highest BCUT2D eigenvalue weighted by molar-refractivity contribution is 9.10. The molecule has 2 aromatic rings. The molecular formula is C14H11BrClNO2. The van der Waals surface area contributed by atoms with E-state index in [-0.39, 0.29) is 11.7 Å². The van der Waals surface area contributed by atoms with E-state index in [9.17, 15) is 9.90 Å². The molecule has 1 amide bonds. The number of nitrogens with one attached hydrogen (secondary N) is 1. The number of carbonyl (C=O) groups excluding carboxylic acids is 1. The number of amides is 1. The van der Waals surface area contributed by atoms with Crippen LogP contribution in [0.5, 0.6) is 5.75 Å². The first-order valence-electron chi connectivity index (χ1n) is 5.53. The minimum Gasteiger partial charge on any atom is -0.506 e. The number of benzene rings is 2. The van der Waals surface area contributed by atoms with Gasteiger partial charge in [0, 0.05) is 15.1 Å². The molecule has 0 fully saturated rings. The summed E-state index contributed by atoms with van der Waals surface area (Å²) < 4.78 is 0.721. The van der Waals surface area contributed by atoms with Gasteiger partial charge < -0.3 is 10.4 Å². The van der Waals surface area contributed by atoms with E-state index in [1.807, 2.05) is 13.0 Å². The van der Waals surface area contributed by atoms with Gasteiger partial charge in [-0.25, -0.2) is 0 Å². The lowest BCUT2D eigenvalue weighted by molar-refractivity contribution is 0.102. The number of halogens is 2. The Hall–Kier alpha value is -1.52. The van der Waals surface area contributed by atoms with Gasteiger partial charge in [0.1, 0.15) is 5.75 Å². The van der Waals surface area contributed by atoms with Crippen LogP contribution in [0.1, 0.15) is 15.9 Å². The van der Waals surface area contributed by atoms with Crippen molar-refractivity contribution in [3.05, 3.63) is 57.0 Å². The molecule has 0 saturated heterocycles. The standard InChI is InChI=1S/C14H11BrClNO2/c1-8-2-3-12(13(18)4-8)17-14(19)9-5-10(15)7-11(16)6-9/h2-7,18H,1H3,(H,17,19). The normalized spacial score (nSPS) is 10.3. The summed E-state index contributed by atoms with van der Waals surface area (Å²) in [7, 11) is 0. The fourth-order valence-corrected chi connectivity index (χ4v) is 2.49. The quantitative estimate of drug-likeness (QED) is 0.798. The summed E-state index contributed by atoms with van der Waals surface area (Å²) in [6.45, 7) is 1.86. The summed E-state index contributed by atoms with van der Waals surface area (Å²) in [6.07, 6.45) is 0. The highest BCUT2D eigenvalue weighted by Crippen LogP contribution is 2.25. The highest BCUT2D eigenvalue weighted by Gasteiger charge is 2.10. The highest BCUT2D eigenvalue weighted by atomic mass is 79.9. The molecule has 0 bridgehead atoms. The van der Waals surface area contributed by atoms with Crippen molar-refractivity contribution in [2.24, 2.45) is 0 Å². The number of phenolic OH excluding ortho intramolecular Hbond substituents is 1. The fourth-order valence-electron chi connectivity index (χ4n) is 1.63. The first-order valence-corrected chi connectivity index (χ1v) is 6.70. The van der Waals surface area contributed by atoms with Crippen molar-refractivity contribution in [2.45, 2.75) is 6.92 Å². The van der Waals surface area contributed by atoms with Gasteiger partial charge in [0.05, 0.1) is 5.69 Å². The van der Waals surface area contributed by atoms with Crippen LogP contribution in [0.15, 0.2) is 40.9 Å². The average Bonchev–Trinajstić information content (AvgIpc) is 2.31. The number of hydrogen-bond donors (Lipinski definition) is 2. The second kappa shape index (κ2) is 5.63. The van der Waals surface area contributed by atoms with E-state index in [1.54, 1.807) is 30.3 Å². The van der Waals surface area contributed by atoms with Crippen LogP contribution in [0.3, 0.4) is 0 Å². The number of aromatic hydroxyl groups is 1. The molecule has 5 heteroatoms. The Morgan fingerprint density at radius 3 is 2.63 bits per heavy atom. The van der Waals surface area contributed by atoms with Crippen molar-refractivity contribution in [1.82, 2.24) is 0 Å². The molecule has 0 aromatic heterocycles. The number of carbonyl (C=O) groups is 1. The zero-order valence-corrected chi connectivity index (χ0v) is 12.4. The number of aryl methyl sites for hydroxylation is 1. The summed E-state index contributed by atoms with van der Waals surface area (Å²) in [4.78, 5) is 12.1. The lowest BCUT2D eigenvalue weighted by atomic mass is 10.2. The summed E-state index contributed by atoms with van der Waals surface area (Å²) in [5, 5.41) is 12.9. The Kier molecular flexibility index (Phi) is 4.12. The van der Waals surface area contributed by atoms with Gasteiger partial charge >= 0.3 is 0 Å². The number of anilines is 1. The van der Waals surface area contributed by atoms with Crippen LogP contribution in [-0.4, -0.2) is 11.0 Å². The fraction of sp³-hybridized carbons (Fsp3) is 0.0714. The molecule has 19 heavy (non-hydrogen) atoms. The van der Waals surface area contributed by atoms with Crippen molar-refractivity contribution in [1.29, 1.82) is 0 Å². The van der Waals surface area contributed by atoms with E-state index in [0.29, 0.717) is 16.3 Å². The first kappa shape index (κ1) is 13.9. The van der Waals surface area contributed by atoms with Crippen LogP contribution in [0, 0.1) is 6.92 Å². The Labute approximate surface area is 124 Å². The van der Waals surface area contributed by atoms with Gasteiger partial charge in [0.15, 0.2) is 0 Å². The molecule has 3 nitrogen and oxygen atoms in total. The lowest BCUT2D eigenvalue weighted by Crippen LogP contribution is -2.12. The topological polar surface area (TPSA) is 49.3 Å². The molecule has 0 radical (unpaired) electrons. The van der Waals surface area contributed by atoms with E-state index in [0.717, 1.165) is 10.0 Å². The first-order chi connectivity index (χ1) is 8.95. The number of phenols is 1. The molecule has 2 N–H and O–H groups in total. The van der Waals surface area contributed by atoms with Crippen LogP contribution in [0.4, 0.5) is 5.69 Å². The third-order valence-corrected chi connectivity index (χ3v) is 3.20. The maximum atomic E-state index is 12.1. The van der Waals surface area contributed by atoms with Crippen LogP contribution < -0.4 is 5.32 Å². The molecule has 0 aliphatic rings. The Morgan fingerprint density at radius 1 is 1.26 bits per heavy atom. The maximum absolute atomic E-state index is 12.1. The molecular weight excluding hydrogens is 330 g/mol. The predicted octanol–water partition coefficient (Wildman–Crippen LogP) is 4.37. The third kappa shape index (κ3) is 3.49. The zero-order valence-electron chi connectivity index (χ0n) is 10.1. The summed E-state index contributed by atoms with van der Waals surface area (Å²) >= 11 is 9.17. The van der Waals surface area contributed by atoms with E-state index >= 15 is 0 Å². The number of rotatable bonds is 2. The van der Waals surface area contributed by atoms with Crippen molar-refractivity contribution < 1.29 is 9.90 Å². The minimum absolute atomic E-state index is 0.0365. The summed E-state index contributed by atoms with van der Waals surface area (Å²) in [5.41, 5.74) is 1.70. The molecule has 0 spiro atoms. The van der Waals surface area contributed by atoms with Crippen molar-refractivity contribution in [3.63, 3.8) is 0 Å². The molecule has 2 rings (SSSR count). The zero-order chi connectivity index (χ0) is 14.0. The van der Waals surface area contributed by atoms with Gasteiger partial charge in [-0.05, 0) is 42.8 Å². The Bertz CT molecular complexity index is 623. The Balaban J connectivity index is 2.25. The molecule has 0 aliphatic heterocycles. The monoisotopic (exact) mass is 339 g/mol. The Morgan fingerprint density at radius 2 is 2.00 bits per heavy atom. The second-order valence-electron chi connectivity index (χ2n) is 4.13. The predicted molar refractivity (Wildman–Crippen MR) is 79.9 cm³/mol. The smallest absolute Gasteiger partial charge is 0.255 e. The summed E-state index contributed by atoms with van der Waals surface area (Å²) in [5.74, 6) is -0.295. The van der Waals surface area contributed by atoms with Gasteiger partial charge in [-0.3, -0.25) is 4.79 Å². The van der Waals surface area contributed by atoms with E-state index in [4.69, 9.17) is 11.6 Å². The molecule has 0 atom stereocenters. The second-order valence-corrected chi connectivity index (χ2v) is 5.48. The van der Waals surface area contributed by atoms with Crippen molar-refractivity contribution in [3.8, 4) is 5.75 Å². The van der Waals surface area contributed by atoms with Gasteiger partial charge in [-0.15, -0.1) is 0 Å². The van der Waals surface area contributed by atoms with Gasteiger partial charge in [0.25, 0.3) is 5.91 Å². The molecule has 0 aliphatic carbocycles. The van der Waals surface area contributed by atoms with Gasteiger partial charge in [-0.2, -0.15) is 0 Å². The summed E-state index contributed by atoms with van der Waals surface area (Å²) in [6, 6.07) is 9.97. The van der Waals surface area contributed by atoms with Crippen LogP contribution >= 0.6 is 27.5 Å². The van der Waals surface area contributed by atoms with E-state index in [2.05, 4.69) is 21.2 Å². The van der Waals surface area contributed by atoms with Crippen LogP contribution in [0.25, 0.3) is 0 Å². The van der Waals surface area contributed by atoms with Gasteiger partial charge in [-0.1, -0.05) is 33.6 Å². The van der Waals surface area contributed by atoms with E-state index < -0.39 is 0 Å². The maximum Gasteiger partial charge on any atom is 0.255 e. The molecule has 98 valence electrons. The van der Waals surface area contributed by atoms with Crippen molar-refractivity contribution in [2.75, 3.05) is 5.32 Å². The molecule has 0 saturated carbocycles. The number of hydrogen-bond acceptors (Lipinski definition) is 2. The van der Waals surface area contributed by atoms with Crippen LogP contribution in [-0.2, 0) is 0 Å². The molecule has 0 unspecified atom stereocenters. The largest absolute Gasteiger partial charge is 0.506 e. The molecule has 0 heterocycles. The third-order valence-electron chi connectivity index (χ3n) is 2.53.